The third-order valence-corrected chi connectivity index (χ3v) is 4.61. The van der Waals surface area contributed by atoms with Gasteiger partial charge in [-0.2, -0.15) is 0 Å². The average molecular weight is 377 g/mol. The average Bonchev–Trinajstić information content (AvgIpc) is 2.79. The quantitative estimate of drug-likeness (QED) is 0.645. The first-order valence-corrected chi connectivity index (χ1v) is 8.09. The number of pyridine rings is 1. The van der Waals surface area contributed by atoms with Crippen LogP contribution in [0.5, 0.6) is 0 Å². The van der Waals surface area contributed by atoms with Gasteiger partial charge in [-0.15, -0.1) is 0 Å². The summed E-state index contributed by atoms with van der Waals surface area (Å²) >= 11 is 3.20. The Morgan fingerprint density at radius 3 is 2.68 bits per heavy atom. The van der Waals surface area contributed by atoms with Crippen LogP contribution in [0.15, 0.2) is 53.1 Å². The van der Waals surface area contributed by atoms with E-state index in [2.05, 4.69) is 25.9 Å². The minimum absolute atomic E-state index is 0.259. The van der Waals surface area contributed by atoms with E-state index in [-0.39, 0.29) is 15.0 Å². The number of nitriles is 1. The topological polar surface area (TPSA) is 41.1 Å². The van der Waals surface area contributed by atoms with Gasteiger partial charge in [0.1, 0.15) is 0 Å². The Morgan fingerprint density at radius 1 is 1.16 bits per heavy atom. The Kier molecular flexibility index (Phi) is 3.39. The number of aromatic nitrogens is 2. The molecule has 0 aliphatic rings. The Balaban J connectivity index is 2.30. The number of nitrogens with zero attached hydrogens (tertiary/aromatic N) is 3. The fourth-order valence-electron chi connectivity index (χ4n) is 1.92. The van der Waals surface area contributed by atoms with Crippen LogP contribution in [0.1, 0.15) is 0 Å². The standard InChI is InChI=1S/C14H8BrN3Se/c15-11-6-7-12-17-13(10-4-2-1-3-5-10)14(19-9-16)18(12)8-11/h1-8H. The van der Waals surface area contributed by atoms with Gasteiger partial charge in [-0.3, -0.25) is 0 Å². The molecule has 5 heteroatoms. The summed E-state index contributed by atoms with van der Waals surface area (Å²) in [6.45, 7) is 0. The van der Waals surface area contributed by atoms with Crippen LogP contribution in [0.3, 0.4) is 0 Å². The first kappa shape index (κ1) is 12.4. The zero-order valence-corrected chi connectivity index (χ0v) is 13.0. The van der Waals surface area contributed by atoms with Crippen LogP contribution < -0.4 is 4.59 Å². The molecule has 2 aromatic heterocycles. The van der Waals surface area contributed by atoms with Crippen molar-refractivity contribution in [1.29, 1.82) is 5.26 Å². The molecule has 0 aliphatic carbocycles. The third kappa shape index (κ3) is 2.31. The van der Waals surface area contributed by atoms with Gasteiger partial charge in [0.05, 0.1) is 0 Å². The molecule has 0 unspecified atom stereocenters. The summed E-state index contributed by atoms with van der Waals surface area (Å²) in [5.41, 5.74) is 2.82. The zero-order chi connectivity index (χ0) is 13.2. The van der Waals surface area contributed by atoms with Crippen molar-refractivity contribution in [3.8, 4) is 16.2 Å². The Morgan fingerprint density at radius 2 is 1.95 bits per heavy atom. The molecule has 1 aromatic carbocycles. The number of halogens is 1. The molecule has 0 amide bonds. The Hall–Kier alpha value is -1.60. The van der Waals surface area contributed by atoms with Crippen LogP contribution in [-0.2, 0) is 0 Å². The summed E-state index contributed by atoms with van der Waals surface area (Å²) in [7, 11) is 0. The van der Waals surface area contributed by atoms with Crippen molar-refractivity contribution in [2.24, 2.45) is 0 Å². The predicted octanol–water partition coefficient (Wildman–Crippen LogP) is 2.57. The van der Waals surface area contributed by atoms with Crippen LogP contribution >= 0.6 is 15.9 Å². The van der Waals surface area contributed by atoms with Crippen LogP contribution in [-0.4, -0.2) is 24.3 Å². The van der Waals surface area contributed by atoms with Gasteiger partial charge in [-0.1, -0.05) is 0 Å². The second-order valence-electron chi connectivity index (χ2n) is 3.90. The van der Waals surface area contributed by atoms with Crippen molar-refractivity contribution < 1.29 is 0 Å². The molecule has 0 radical (unpaired) electrons. The number of fused-ring (bicyclic) bond motifs is 1. The second kappa shape index (κ2) is 5.18. The molecule has 0 saturated carbocycles. The summed E-state index contributed by atoms with van der Waals surface area (Å²) in [6.07, 6.45) is 1.96. The van der Waals surface area contributed by atoms with Gasteiger partial charge in [0.25, 0.3) is 0 Å². The molecule has 0 bridgehead atoms. The second-order valence-corrected chi connectivity index (χ2v) is 6.44. The summed E-state index contributed by atoms with van der Waals surface area (Å²) in [5, 5.41) is 9.06. The van der Waals surface area contributed by atoms with Crippen LogP contribution in [0.2, 0.25) is 0 Å². The van der Waals surface area contributed by atoms with Gasteiger partial charge in [0.2, 0.25) is 0 Å². The van der Waals surface area contributed by atoms with E-state index in [0.29, 0.717) is 0 Å². The van der Waals surface area contributed by atoms with E-state index in [4.69, 9.17) is 5.26 Å². The van der Waals surface area contributed by atoms with Crippen molar-refractivity contribution in [3.63, 3.8) is 0 Å². The van der Waals surface area contributed by atoms with Gasteiger partial charge in [-0.05, 0) is 0 Å². The zero-order valence-electron chi connectivity index (χ0n) is 9.75. The number of rotatable bonds is 2. The van der Waals surface area contributed by atoms with Gasteiger partial charge < -0.3 is 0 Å². The van der Waals surface area contributed by atoms with E-state index in [1.165, 1.54) is 0 Å². The van der Waals surface area contributed by atoms with Gasteiger partial charge in [0.15, 0.2) is 0 Å². The molecule has 2 heterocycles. The van der Waals surface area contributed by atoms with Crippen molar-refractivity contribution in [3.05, 3.63) is 53.1 Å². The van der Waals surface area contributed by atoms with E-state index in [1.807, 2.05) is 53.1 Å². The molecule has 0 saturated heterocycles. The molecule has 0 fully saturated rings. The molecule has 3 nitrogen and oxygen atoms in total. The van der Waals surface area contributed by atoms with Gasteiger partial charge in [-0.25, -0.2) is 0 Å². The van der Waals surface area contributed by atoms with Crippen LogP contribution in [0, 0.1) is 10.2 Å². The Bertz CT molecular complexity index is 774. The molecule has 92 valence electrons. The summed E-state index contributed by atoms with van der Waals surface area (Å²) < 4.78 is 3.96. The van der Waals surface area contributed by atoms with E-state index in [0.717, 1.165) is 26.0 Å². The molecule has 3 aromatic rings. The summed E-state index contributed by atoms with van der Waals surface area (Å²) in [5.74, 6) is 0. The van der Waals surface area contributed by atoms with E-state index in [1.54, 1.807) is 0 Å². The molecule has 0 aliphatic heterocycles. The molecule has 0 spiro atoms. The Labute approximate surface area is 125 Å². The molecular formula is C14H8BrN3Se. The number of imidazole rings is 1. The van der Waals surface area contributed by atoms with Crippen LogP contribution in [0.25, 0.3) is 16.9 Å². The monoisotopic (exact) mass is 377 g/mol. The third-order valence-electron chi connectivity index (χ3n) is 2.73. The van der Waals surface area contributed by atoms with Crippen LogP contribution in [0.4, 0.5) is 0 Å². The van der Waals surface area contributed by atoms with E-state index in [9.17, 15) is 0 Å². The maximum absolute atomic E-state index is 9.06. The fraction of sp³-hybridized carbons (Fsp3) is 0. The van der Waals surface area contributed by atoms with E-state index < -0.39 is 0 Å². The predicted molar refractivity (Wildman–Crippen MR) is 79.3 cm³/mol. The number of hydrogen-bond donors (Lipinski definition) is 0. The SMILES string of the molecule is N#C[Se]c1c(-c2ccccc2)nc2ccc(Br)cn12. The fourth-order valence-corrected chi connectivity index (χ4v) is 3.50. The molecular weight excluding hydrogens is 369 g/mol. The molecule has 19 heavy (non-hydrogen) atoms. The van der Waals surface area contributed by atoms with Crippen molar-refractivity contribution >= 4 is 41.1 Å². The van der Waals surface area contributed by atoms with E-state index >= 15 is 0 Å². The summed E-state index contributed by atoms with van der Waals surface area (Å²) in [4.78, 5) is 6.93. The van der Waals surface area contributed by atoms with Gasteiger partial charge in [0, 0.05) is 0 Å². The maximum atomic E-state index is 9.06. The molecule has 0 N–H and O–H groups in total. The summed E-state index contributed by atoms with van der Waals surface area (Å²) in [6, 6.07) is 13.9. The van der Waals surface area contributed by atoms with Crippen molar-refractivity contribution in [1.82, 2.24) is 9.38 Å². The first-order valence-electron chi connectivity index (χ1n) is 5.58. The molecule has 3 rings (SSSR count). The number of benzene rings is 1. The first-order chi connectivity index (χ1) is 9.29. The number of hydrogen-bond acceptors (Lipinski definition) is 2. The normalized spacial score (nSPS) is 10.5. The van der Waals surface area contributed by atoms with Gasteiger partial charge >= 0.3 is 125 Å². The minimum atomic E-state index is -0.259. The van der Waals surface area contributed by atoms with Crippen molar-refractivity contribution in [2.45, 2.75) is 0 Å². The molecule has 0 atom stereocenters. The van der Waals surface area contributed by atoms with Crippen molar-refractivity contribution in [2.75, 3.05) is 0 Å².